The molecular weight excluding hydrogens is 456 g/mol. The Balaban J connectivity index is 1.16. The summed E-state index contributed by atoms with van der Waals surface area (Å²) in [5.74, 6) is 1.11. The van der Waals surface area contributed by atoms with Gasteiger partial charge in [-0.25, -0.2) is 4.98 Å². The zero-order chi connectivity index (χ0) is 25.6. The third-order valence-electron chi connectivity index (χ3n) is 7.76. The second-order valence-corrected chi connectivity index (χ2v) is 10.6. The average molecular weight is 497 g/mol. The van der Waals surface area contributed by atoms with Crippen molar-refractivity contribution in [3.63, 3.8) is 0 Å². The van der Waals surface area contributed by atoms with Crippen LogP contribution in [0.2, 0.25) is 0 Å². The molecule has 2 heterocycles. The van der Waals surface area contributed by atoms with Crippen LogP contribution in [0, 0.1) is 0 Å². The van der Waals surface area contributed by atoms with Gasteiger partial charge in [-0.2, -0.15) is 0 Å². The lowest BCUT2D eigenvalue weighted by Gasteiger charge is -2.38. The van der Waals surface area contributed by atoms with Gasteiger partial charge in [0.25, 0.3) is 0 Å². The lowest BCUT2D eigenvalue weighted by molar-refractivity contribution is 0.141. The molecule has 0 bridgehead atoms. The van der Waals surface area contributed by atoms with Gasteiger partial charge in [-0.1, -0.05) is 55.3 Å². The molecule has 6 nitrogen and oxygen atoms in total. The molecule has 0 saturated heterocycles. The first-order chi connectivity index (χ1) is 18.1. The Morgan fingerprint density at radius 3 is 2.35 bits per heavy atom. The van der Waals surface area contributed by atoms with E-state index in [1.807, 2.05) is 18.3 Å². The van der Waals surface area contributed by atoms with Gasteiger partial charge in [0.1, 0.15) is 5.82 Å². The highest BCUT2D eigenvalue weighted by molar-refractivity contribution is 5.75. The van der Waals surface area contributed by atoms with Crippen LogP contribution < -0.4 is 5.32 Å². The minimum Gasteiger partial charge on any atom is -0.330 e. The van der Waals surface area contributed by atoms with E-state index in [0.29, 0.717) is 12.1 Å². The molecule has 1 aliphatic carbocycles. The van der Waals surface area contributed by atoms with Crippen molar-refractivity contribution in [3.8, 4) is 0 Å². The van der Waals surface area contributed by atoms with Gasteiger partial charge in [0.15, 0.2) is 0 Å². The second-order valence-electron chi connectivity index (χ2n) is 10.6. The summed E-state index contributed by atoms with van der Waals surface area (Å²) in [5, 5.41) is 3.87. The molecule has 0 radical (unpaired) electrons. The molecule has 1 N–H and O–H groups in total. The summed E-state index contributed by atoms with van der Waals surface area (Å²) < 4.78 is 2.22. The van der Waals surface area contributed by atoms with Crippen molar-refractivity contribution in [1.29, 1.82) is 0 Å². The lowest BCUT2D eigenvalue weighted by Crippen LogP contribution is -2.50. The molecule has 1 saturated carbocycles. The highest BCUT2D eigenvalue weighted by Crippen LogP contribution is 2.25. The van der Waals surface area contributed by atoms with E-state index in [2.05, 4.69) is 100 Å². The second kappa shape index (κ2) is 12.0. The number of likely N-dealkylation sites (N-methyl/N-ethyl adjacent to an activating group) is 1. The summed E-state index contributed by atoms with van der Waals surface area (Å²) in [6, 6.07) is 24.7. The van der Waals surface area contributed by atoms with E-state index in [4.69, 9.17) is 4.98 Å². The molecule has 0 spiro atoms. The number of fused-ring (bicyclic) bond motifs is 1. The summed E-state index contributed by atoms with van der Waals surface area (Å²) in [6.07, 6.45) is 6.93. The third kappa shape index (κ3) is 6.45. The number of pyridine rings is 1. The fraction of sp³-hybridized carbons (Fsp3) is 0.419. The molecule has 1 aliphatic rings. The topological polar surface area (TPSA) is 49.2 Å². The number of para-hydroxylation sites is 2. The molecule has 5 rings (SSSR count). The Kier molecular flexibility index (Phi) is 8.29. The Labute approximate surface area is 221 Å². The van der Waals surface area contributed by atoms with E-state index in [9.17, 15) is 0 Å². The molecule has 0 amide bonds. The van der Waals surface area contributed by atoms with Crippen molar-refractivity contribution in [3.05, 3.63) is 95.6 Å². The molecular formula is C31H40N6. The minimum atomic E-state index is 0.484. The summed E-state index contributed by atoms with van der Waals surface area (Å²) in [7, 11) is 6.56. The van der Waals surface area contributed by atoms with Crippen LogP contribution in [0.3, 0.4) is 0 Å². The van der Waals surface area contributed by atoms with Gasteiger partial charge in [0.05, 0.1) is 23.3 Å². The number of aromatic nitrogens is 3. The van der Waals surface area contributed by atoms with Crippen LogP contribution in [0.5, 0.6) is 0 Å². The SMILES string of the molecule is CN(Cc1ccc(CN(C)[C@@H]2CCCC[C@@H]2NCc2nc3ccccc3n2C)cc1)Cc1ccccn1. The van der Waals surface area contributed by atoms with Crippen LogP contribution in [0.4, 0.5) is 0 Å². The lowest BCUT2D eigenvalue weighted by atomic mass is 9.89. The van der Waals surface area contributed by atoms with Gasteiger partial charge in [0, 0.05) is 45.0 Å². The number of nitrogens with zero attached hydrogens (tertiary/aromatic N) is 5. The molecule has 2 atom stereocenters. The summed E-state index contributed by atoms with van der Waals surface area (Å²) in [4.78, 5) is 14.2. The van der Waals surface area contributed by atoms with E-state index in [1.54, 1.807) is 0 Å². The Morgan fingerprint density at radius 2 is 1.59 bits per heavy atom. The first-order valence-electron chi connectivity index (χ1n) is 13.6. The minimum absolute atomic E-state index is 0.484. The van der Waals surface area contributed by atoms with Crippen LogP contribution >= 0.6 is 0 Å². The zero-order valence-corrected chi connectivity index (χ0v) is 22.5. The van der Waals surface area contributed by atoms with E-state index < -0.39 is 0 Å². The highest BCUT2D eigenvalue weighted by Gasteiger charge is 2.28. The van der Waals surface area contributed by atoms with Crippen molar-refractivity contribution in [2.75, 3.05) is 14.1 Å². The van der Waals surface area contributed by atoms with Crippen LogP contribution in [-0.2, 0) is 33.2 Å². The number of imidazole rings is 1. The molecule has 0 aliphatic heterocycles. The van der Waals surface area contributed by atoms with Crippen molar-refractivity contribution < 1.29 is 0 Å². The molecule has 37 heavy (non-hydrogen) atoms. The number of nitrogens with one attached hydrogen (secondary N) is 1. The van der Waals surface area contributed by atoms with Gasteiger partial charge in [-0.15, -0.1) is 0 Å². The maximum Gasteiger partial charge on any atom is 0.123 e. The molecule has 194 valence electrons. The predicted molar refractivity (Wildman–Crippen MR) is 151 cm³/mol. The first kappa shape index (κ1) is 25.6. The van der Waals surface area contributed by atoms with Crippen LogP contribution in [0.1, 0.15) is 48.3 Å². The van der Waals surface area contributed by atoms with Crippen LogP contribution in [-0.4, -0.2) is 50.5 Å². The smallest absolute Gasteiger partial charge is 0.123 e. The van der Waals surface area contributed by atoms with Crippen molar-refractivity contribution in [2.45, 2.75) is 63.9 Å². The van der Waals surface area contributed by atoms with E-state index >= 15 is 0 Å². The van der Waals surface area contributed by atoms with Gasteiger partial charge in [-0.05, 0) is 62.3 Å². The Bertz CT molecular complexity index is 1270. The number of aryl methyl sites for hydroxylation is 1. The molecule has 2 aromatic carbocycles. The summed E-state index contributed by atoms with van der Waals surface area (Å²) >= 11 is 0. The van der Waals surface area contributed by atoms with E-state index in [-0.39, 0.29) is 0 Å². The maximum absolute atomic E-state index is 4.87. The highest BCUT2D eigenvalue weighted by atomic mass is 15.2. The standard InChI is InChI=1S/C31H40N6/c1-35(23-26-10-8-9-19-32-26)21-24-15-17-25(18-16-24)22-36(2)29-13-6-4-11-27(29)33-20-31-34-28-12-5-7-14-30(28)37(31)3/h5,7-10,12,14-19,27,29,33H,4,6,11,13,20-23H2,1-3H3/t27-,29+/m0/s1. The number of benzene rings is 2. The van der Waals surface area contributed by atoms with Crippen molar-refractivity contribution >= 4 is 11.0 Å². The van der Waals surface area contributed by atoms with E-state index in [1.165, 1.54) is 42.3 Å². The van der Waals surface area contributed by atoms with Crippen molar-refractivity contribution in [2.24, 2.45) is 7.05 Å². The molecule has 1 fully saturated rings. The van der Waals surface area contributed by atoms with E-state index in [0.717, 1.165) is 43.2 Å². The fourth-order valence-corrected chi connectivity index (χ4v) is 5.74. The monoisotopic (exact) mass is 496 g/mol. The summed E-state index contributed by atoms with van der Waals surface area (Å²) in [5.41, 5.74) is 6.09. The zero-order valence-electron chi connectivity index (χ0n) is 22.5. The average Bonchev–Trinajstić information content (AvgIpc) is 3.24. The van der Waals surface area contributed by atoms with Gasteiger partial charge >= 0.3 is 0 Å². The predicted octanol–water partition coefficient (Wildman–Crippen LogP) is 5.13. The normalized spacial score (nSPS) is 18.2. The number of hydrogen-bond acceptors (Lipinski definition) is 5. The maximum atomic E-state index is 4.87. The molecule has 2 aromatic heterocycles. The van der Waals surface area contributed by atoms with Crippen LogP contribution in [0.15, 0.2) is 72.9 Å². The number of rotatable bonds is 10. The van der Waals surface area contributed by atoms with Crippen molar-refractivity contribution in [1.82, 2.24) is 29.7 Å². The summed E-state index contributed by atoms with van der Waals surface area (Å²) in [6.45, 7) is 3.55. The largest absolute Gasteiger partial charge is 0.330 e. The Hall–Kier alpha value is -3.06. The Morgan fingerprint density at radius 1 is 0.865 bits per heavy atom. The third-order valence-corrected chi connectivity index (χ3v) is 7.76. The molecule has 6 heteroatoms. The number of hydrogen-bond donors (Lipinski definition) is 1. The van der Waals surface area contributed by atoms with Gasteiger partial charge in [0.2, 0.25) is 0 Å². The fourth-order valence-electron chi connectivity index (χ4n) is 5.74. The molecule has 0 unspecified atom stereocenters. The van der Waals surface area contributed by atoms with Gasteiger partial charge in [-0.3, -0.25) is 14.8 Å². The quantitative estimate of drug-likeness (QED) is 0.330. The molecule has 4 aromatic rings. The van der Waals surface area contributed by atoms with Crippen LogP contribution in [0.25, 0.3) is 11.0 Å². The first-order valence-corrected chi connectivity index (χ1v) is 13.6. The van der Waals surface area contributed by atoms with Gasteiger partial charge < -0.3 is 9.88 Å².